The third-order valence-corrected chi connectivity index (χ3v) is 4.14. The SMILES string of the molecule is Cc1noc(C)c1C(C)CN=C(N)Nc1ccc2c(c1)OCCCO2. The summed E-state index contributed by atoms with van der Waals surface area (Å²) in [5.74, 6) is 2.84. The second kappa shape index (κ2) is 7.46. The van der Waals surface area contributed by atoms with E-state index in [9.17, 15) is 0 Å². The number of benzene rings is 1. The van der Waals surface area contributed by atoms with Crippen LogP contribution in [-0.4, -0.2) is 30.9 Å². The highest BCUT2D eigenvalue weighted by molar-refractivity contribution is 5.92. The van der Waals surface area contributed by atoms with Crippen LogP contribution < -0.4 is 20.5 Å². The van der Waals surface area contributed by atoms with E-state index in [0.717, 1.165) is 40.6 Å². The molecular weight excluding hydrogens is 320 g/mol. The van der Waals surface area contributed by atoms with E-state index in [1.54, 1.807) is 0 Å². The molecule has 7 nitrogen and oxygen atoms in total. The molecular formula is C18H24N4O3. The fourth-order valence-electron chi connectivity index (χ4n) is 2.95. The summed E-state index contributed by atoms with van der Waals surface area (Å²) < 4.78 is 16.5. The van der Waals surface area contributed by atoms with E-state index in [-0.39, 0.29) is 5.92 Å². The monoisotopic (exact) mass is 344 g/mol. The van der Waals surface area contributed by atoms with Crippen LogP contribution in [0.3, 0.4) is 0 Å². The van der Waals surface area contributed by atoms with Crippen molar-refractivity contribution in [3.05, 3.63) is 35.2 Å². The predicted octanol–water partition coefficient (Wildman–Crippen LogP) is 2.98. The van der Waals surface area contributed by atoms with Gasteiger partial charge >= 0.3 is 0 Å². The topological polar surface area (TPSA) is 94.9 Å². The lowest BCUT2D eigenvalue weighted by Gasteiger charge is -2.12. The zero-order valence-corrected chi connectivity index (χ0v) is 14.8. The normalized spacial score (nSPS) is 15.6. The lowest BCUT2D eigenvalue weighted by Crippen LogP contribution is -2.23. The van der Waals surface area contributed by atoms with Gasteiger partial charge in [0.05, 0.1) is 18.9 Å². The average Bonchev–Trinajstić information content (AvgIpc) is 2.79. The fourth-order valence-corrected chi connectivity index (χ4v) is 2.95. The van der Waals surface area contributed by atoms with Gasteiger partial charge in [0.1, 0.15) is 5.76 Å². The molecule has 0 amide bonds. The summed E-state index contributed by atoms with van der Waals surface area (Å²) in [6.45, 7) is 7.79. The first-order valence-electron chi connectivity index (χ1n) is 8.44. The van der Waals surface area contributed by atoms with Gasteiger partial charge in [0.15, 0.2) is 17.5 Å². The highest BCUT2D eigenvalue weighted by atomic mass is 16.5. The Hall–Kier alpha value is -2.70. The largest absolute Gasteiger partial charge is 0.490 e. The first kappa shape index (κ1) is 17.1. The van der Waals surface area contributed by atoms with Crippen molar-refractivity contribution in [2.24, 2.45) is 10.7 Å². The molecule has 2 heterocycles. The summed E-state index contributed by atoms with van der Waals surface area (Å²) in [6, 6.07) is 5.65. The first-order valence-corrected chi connectivity index (χ1v) is 8.44. The van der Waals surface area contributed by atoms with Gasteiger partial charge in [0.2, 0.25) is 0 Å². The zero-order chi connectivity index (χ0) is 17.8. The van der Waals surface area contributed by atoms with Crippen molar-refractivity contribution in [3.63, 3.8) is 0 Å². The molecule has 0 saturated carbocycles. The molecule has 7 heteroatoms. The Kier molecular flexibility index (Phi) is 5.11. The molecule has 0 radical (unpaired) electrons. The Morgan fingerprint density at radius 1 is 1.28 bits per heavy atom. The van der Waals surface area contributed by atoms with Gasteiger partial charge in [-0.3, -0.25) is 4.99 Å². The van der Waals surface area contributed by atoms with E-state index in [1.807, 2.05) is 32.0 Å². The number of anilines is 1. The summed E-state index contributed by atoms with van der Waals surface area (Å²) in [4.78, 5) is 4.43. The Balaban J connectivity index is 1.64. The number of aryl methyl sites for hydroxylation is 2. The highest BCUT2D eigenvalue weighted by Gasteiger charge is 2.16. The van der Waals surface area contributed by atoms with Gasteiger partial charge in [-0.2, -0.15) is 0 Å². The van der Waals surface area contributed by atoms with Gasteiger partial charge in [0.25, 0.3) is 0 Å². The molecule has 0 bridgehead atoms. The minimum Gasteiger partial charge on any atom is -0.490 e. The zero-order valence-electron chi connectivity index (χ0n) is 14.8. The molecule has 3 rings (SSSR count). The van der Waals surface area contributed by atoms with Crippen molar-refractivity contribution in [1.29, 1.82) is 0 Å². The van der Waals surface area contributed by atoms with Gasteiger partial charge in [-0.15, -0.1) is 0 Å². The molecule has 1 aromatic carbocycles. The average molecular weight is 344 g/mol. The van der Waals surface area contributed by atoms with Crippen LogP contribution in [0.4, 0.5) is 5.69 Å². The lowest BCUT2D eigenvalue weighted by atomic mass is 10.00. The lowest BCUT2D eigenvalue weighted by molar-refractivity contribution is 0.297. The standard InChI is InChI=1S/C18H24N4O3/c1-11(17-12(2)22-25-13(17)3)10-20-18(19)21-14-5-6-15-16(9-14)24-8-4-7-23-15/h5-6,9,11H,4,7-8,10H2,1-3H3,(H3,19,20,21). The van der Waals surface area contributed by atoms with E-state index in [1.165, 1.54) is 0 Å². The molecule has 1 aliphatic rings. The number of guanidine groups is 1. The highest BCUT2D eigenvalue weighted by Crippen LogP contribution is 2.32. The molecule has 1 unspecified atom stereocenters. The fraction of sp³-hybridized carbons (Fsp3) is 0.444. The van der Waals surface area contributed by atoms with Crippen molar-refractivity contribution in [3.8, 4) is 11.5 Å². The Morgan fingerprint density at radius 3 is 2.76 bits per heavy atom. The Labute approximate surface area is 147 Å². The molecule has 25 heavy (non-hydrogen) atoms. The molecule has 3 N–H and O–H groups in total. The van der Waals surface area contributed by atoms with Gasteiger partial charge < -0.3 is 25.0 Å². The summed E-state index contributed by atoms with van der Waals surface area (Å²) in [5, 5.41) is 7.08. The van der Waals surface area contributed by atoms with Crippen LogP contribution in [0.5, 0.6) is 11.5 Å². The van der Waals surface area contributed by atoms with E-state index in [0.29, 0.717) is 25.7 Å². The number of nitrogens with one attached hydrogen (secondary N) is 1. The van der Waals surface area contributed by atoms with E-state index in [4.69, 9.17) is 19.7 Å². The number of hydrogen-bond donors (Lipinski definition) is 2. The van der Waals surface area contributed by atoms with Crippen LogP contribution in [0.25, 0.3) is 0 Å². The quantitative estimate of drug-likeness (QED) is 0.654. The number of fused-ring (bicyclic) bond motifs is 1. The number of nitrogens with zero attached hydrogens (tertiary/aromatic N) is 2. The van der Waals surface area contributed by atoms with Gasteiger partial charge in [0, 0.05) is 36.2 Å². The van der Waals surface area contributed by atoms with E-state index in [2.05, 4.69) is 22.4 Å². The van der Waals surface area contributed by atoms with Crippen LogP contribution in [-0.2, 0) is 0 Å². The van der Waals surface area contributed by atoms with E-state index >= 15 is 0 Å². The molecule has 0 fully saturated rings. The molecule has 0 saturated heterocycles. The number of nitrogens with two attached hydrogens (primary N) is 1. The van der Waals surface area contributed by atoms with Gasteiger partial charge in [-0.1, -0.05) is 12.1 Å². The molecule has 1 aliphatic heterocycles. The minimum atomic E-state index is 0.176. The van der Waals surface area contributed by atoms with Crippen LogP contribution in [0, 0.1) is 13.8 Å². The number of hydrogen-bond acceptors (Lipinski definition) is 5. The second-order valence-electron chi connectivity index (χ2n) is 6.20. The molecule has 2 aromatic rings. The summed E-state index contributed by atoms with van der Waals surface area (Å²) in [6.07, 6.45) is 0.876. The Bertz CT molecular complexity index is 750. The molecule has 1 atom stereocenters. The van der Waals surface area contributed by atoms with Crippen LogP contribution >= 0.6 is 0 Å². The summed E-state index contributed by atoms with van der Waals surface area (Å²) in [5.41, 5.74) is 8.82. The van der Waals surface area contributed by atoms with Crippen LogP contribution in [0.15, 0.2) is 27.7 Å². The molecule has 134 valence electrons. The van der Waals surface area contributed by atoms with Crippen molar-refractivity contribution < 1.29 is 14.0 Å². The van der Waals surface area contributed by atoms with Crippen molar-refractivity contribution in [1.82, 2.24) is 5.16 Å². The number of aliphatic imine (C=N–C) groups is 1. The first-order chi connectivity index (χ1) is 12.0. The maximum atomic E-state index is 6.02. The van der Waals surface area contributed by atoms with Crippen molar-refractivity contribution in [2.45, 2.75) is 33.1 Å². The number of rotatable bonds is 4. The van der Waals surface area contributed by atoms with Crippen LogP contribution in [0.1, 0.15) is 36.3 Å². The third kappa shape index (κ3) is 4.04. The molecule has 0 spiro atoms. The smallest absolute Gasteiger partial charge is 0.193 e. The van der Waals surface area contributed by atoms with Crippen molar-refractivity contribution in [2.75, 3.05) is 25.1 Å². The summed E-state index contributed by atoms with van der Waals surface area (Å²) >= 11 is 0. The van der Waals surface area contributed by atoms with Crippen molar-refractivity contribution >= 4 is 11.6 Å². The third-order valence-electron chi connectivity index (χ3n) is 4.14. The number of ether oxygens (including phenoxy) is 2. The minimum absolute atomic E-state index is 0.176. The maximum absolute atomic E-state index is 6.02. The Morgan fingerprint density at radius 2 is 2.04 bits per heavy atom. The second-order valence-corrected chi connectivity index (χ2v) is 6.20. The molecule has 1 aromatic heterocycles. The molecule has 0 aliphatic carbocycles. The predicted molar refractivity (Wildman–Crippen MR) is 96.6 cm³/mol. The van der Waals surface area contributed by atoms with Gasteiger partial charge in [-0.25, -0.2) is 0 Å². The van der Waals surface area contributed by atoms with E-state index < -0.39 is 0 Å². The van der Waals surface area contributed by atoms with Gasteiger partial charge in [-0.05, 0) is 26.0 Å². The maximum Gasteiger partial charge on any atom is 0.193 e. The number of aromatic nitrogens is 1. The summed E-state index contributed by atoms with van der Waals surface area (Å²) in [7, 11) is 0. The van der Waals surface area contributed by atoms with Crippen LogP contribution in [0.2, 0.25) is 0 Å².